The van der Waals surface area contributed by atoms with Gasteiger partial charge in [0.2, 0.25) is 0 Å². The highest BCUT2D eigenvalue weighted by Crippen LogP contribution is 2.20. The Labute approximate surface area is 114 Å². The smallest absolute Gasteiger partial charge is 0.195 e. The van der Waals surface area contributed by atoms with E-state index in [1.807, 2.05) is 32.0 Å². The molecular formula is C16H21NO2. The molecule has 0 amide bonds. The summed E-state index contributed by atoms with van der Waals surface area (Å²) in [4.78, 5) is 16.5. The van der Waals surface area contributed by atoms with Gasteiger partial charge in [-0.1, -0.05) is 27.7 Å². The molecule has 1 heterocycles. The molecule has 1 aromatic carbocycles. The third kappa shape index (κ3) is 3.43. The molecule has 0 spiro atoms. The van der Waals surface area contributed by atoms with Crippen LogP contribution < -0.4 is 0 Å². The molecule has 102 valence electrons. The van der Waals surface area contributed by atoms with Gasteiger partial charge in [0.15, 0.2) is 17.3 Å². The SMILES string of the molecule is CC(C)CC(=O)c1ccc2oc(CC(C)C)nc2c1. The molecule has 3 heteroatoms. The molecule has 1 aromatic heterocycles. The minimum atomic E-state index is 0.172. The number of Topliss-reactive ketones (excluding diaryl/α,β-unsaturated/α-hetero) is 1. The van der Waals surface area contributed by atoms with E-state index in [1.54, 1.807) is 0 Å². The van der Waals surface area contributed by atoms with Crippen molar-refractivity contribution in [3.8, 4) is 0 Å². The number of carbonyl (C=O) groups is 1. The summed E-state index contributed by atoms with van der Waals surface area (Å²) >= 11 is 0. The fraction of sp³-hybridized carbons (Fsp3) is 0.500. The number of oxazole rings is 1. The average molecular weight is 259 g/mol. The lowest BCUT2D eigenvalue weighted by Gasteiger charge is -2.03. The number of aromatic nitrogens is 1. The van der Waals surface area contributed by atoms with Crippen LogP contribution in [0.3, 0.4) is 0 Å². The molecule has 0 atom stereocenters. The van der Waals surface area contributed by atoms with Crippen LogP contribution in [0.2, 0.25) is 0 Å². The van der Waals surface area contributed by atoms with Gasteiger partial charge < -0.3 is 4.42 Å². The van der Waals surface area contributed by atoms with Crippen molar-refractivity contribution < 1.29 is 9.21 Å². The van der Waals surface area contributed by atoms with Crippen molar-refractivity contribution in [3.05, 3.63) is 29.7 Å². The maximum Gasteiger partial charge on any atom is 0.195 e. The summed E-state index contributed by atoms with van der Waals surface area (Å²) in [5, 5.41) is 0. The molecule has 0 aliphatic rings. The van der Waals surface area contributed by atoms with E-state index in [-0.39, 0.29) is 5.78 Å². The number of carbonyl (C=O) groups excluding carboxylic acids is 1. The molecule has 0 radical (unpaired) electrons. The topological polar surface area (TPSA) is 43.1 Å². The Morgan fingerprint density at radius 2 is 1.95 bits per heavy atom. The van der Waals surface area contributed by atoms with Gasteiger partial charge in [0.1, 0.15) is 5.52 Å². The van der Waals surface area contributed by atoms with Gasteiger partial charge in [-0.15, -0.1) is 0 Å². The molecule has 0 fully saturated rings. The molecule has 0 bridgehead atoms. The van der Waals surface area contributed by atoms with Crippen LogP contribution in [0.15, 0.2) is 22.6 Å². The Morgan fingerprint density at radius 1 is 1.21 bits per heavy atom. The van der Waals surface area contributed by atoms with Crippen LogP contribution in [-0.4, -0.2) is 10.8 Å². The summed E-state index contributed by atoms with van der Waals surface area (Å²) in [7, 11) is 0. The zero-order chi connectivity index (χ0) is 14.0. The summed E-state index contributed by atoms with van der Waals surface area (Å²) in [6, 6.07) is 5.52. The maximum absolute atomic E-state index is 12.0. The van der Waals surface area contributed by atoms with Crippen molar-refractivity contribution in [2.75, 3.05) is 0 Å². The summed E-state index contributed by atoms with van der Waals surface area (Å²) < 4.78 is 5.67. The monoisotopic (exact) mass is 259 g/mol. The van der Waals surface area contributed by atoms with Gasteiger partial charge in [0.05, 0.1) is 0 Å². The average Bonchev–Trinajstić information content (AvgIpc) is 2.67. The van der Waals surface area contributed by atoms with E-state index >= 15 is 0 Å². The lowest BCUT2D eigenvalue weighted by Crippen LogP contribution is -2.03. The van der Waals surface area contributed by atoms with E-state index in [0.717, 1.165) is 29.0 Å². The molecule has 2 rings (SSSR count). The summed E-state index contributed by atoms with van der Waals surface area (Å²) in [6.07, 6.45) is 1.40. The highest BCUT2D eigenvalue weighted by molar-refractivity contribution is 5.98. The summed E-state index contributed by atoms with van der Waals surface area (Å²) in [5.41, 5.74) is 2.27. The lowest BCUT2D eigenvalue weighted by molar-refractivity contribution is 0.0968. The van der Waals surface area contributed by atoms with Crippen LogP contribution in [0.5, 0.6) is 0 Å². The number of hydrogen-bond acceptors (Lipinski definition) is 3. The Hall–Kier alpha value is -1.64. The first-order chi connectivity index (χ1) is 8.95. The molecule has 0 N–H and O–H groups in total. The molecule has 0 aliphatic heterocycles. The van der Waals surface area contributed by atoms with Crippen LogP contribution in [0.4, 0.5) is 0 Å². The van der Waals surface area contributed by atoms with Gasteiger partial charge in [0.25, 0.3) is 0 Å². The predicted molar refractivity (Wildman–Crippen MR) is 76.3 cm³/mol. The third-order valence-electron chi connectivity index (χ3n) is 2.93. The summed E-state index contributed by atoms with van der Waals surface area (Å²) in [6.45, 7) is 8.36. The van der Waals surface area contributed by atoms with Crippen molar-refractivity contribution in [2.45, 2.75) is 40.5 Å². The van der Waals surface area contributed by atoms with Crippen LogP contribution in [-0.2, 0) is 6.42 Å². The first-order valence-corrected chi connectivity index (χ1v) is 6.88. The van der Waals surface area contributed by atoms with Gasteiger partial charge >= 0.3 is 0 Å². The molecule has 0 unspecified atom stereocenters. The van der Waals surface area contributed by atoms with E-state index in [9.17, 15) is 4.79 Å². The normalized spacial score (nSPS) is 11.7. The van der Waals surface area contributed by atoms with Gasteiger partial charge in [0, 0.05) is 18.4 Å². The highest BCUT2D eigenvalue weighted by Gasteiger charge is 2.12. The number of rotatable bonds is 5. The van der Waals surface area contributed by atoms with Crippen molar-refractivity contribution in [1.29, 1.82) is 0 Å². The van der Waals surface area contributed by atoms with E-state index in [2.05, 4.69) is 18.8 Å². The molecule has 2 aromatic rings. The largest absolute Gasteiger partial charge is 0.441 e. The van der Waals surface area contributed by atoms with E-state index in [0.29, 0.717) is 18.3 Å². The molecular weight excluding hydrogens is 238 g/mol. The Balaban J connectivity index is 2.27. The third-order valence-corrected chi connectivity index (χ3v) is 2.93. The lowest BCUT2D eigenvalue weighted by atomic mass is 10.0. The molecule has 3 nitrogen and oxygen atoms in total. The zero-order valence-corrected chi connectivity index (χ0v) is 12.1. The summed E-state index contributed by atoms with van der Waals surface area (Å²) in [5.74, 6) is 1.80. The maximum atomic E-state index is 12.0. The van der Waals surface area contributed by atoms with Crippen LogP contribution in [0.1, 0.15) is 50.4 Å². The van der Waals surface area contributed by atoms with E-state index < -0.39 is 0 Å². The second-order valence-electron chi connectivity index (χ2n) is 5.91. The van der Waals surface area contributed by atoms with Gasteiger partial charge in [-0.3, -0.25) is 4.79 Å². The second kappa shape index (κ2) is 5.55. The number of ketones is 1. The fourth-order valence-electron chi connectivity index (χ4n) is 2.07. The first-order valence-electron chi connectivity index (χ1n) is 6.88. The standard InChI is InChI=1S/C16H21NO2/c1-10(2)7-14(18)12-5-6-15-13(9-12)17-16(19-15)8-11(3)4/h5-6,9-11H,7-8H2,1-4H3. The van der Waals surface area contributed by atoms with Crippen molar-refractivity contribution in [1.82, 2.24) is 4.98 Å². The van der Waals surface area contributed by atoms with Gasteiger partial charge in [-0.25, -0.2) is 4.98 Å². The van der Waals surface area contributed by atoms with Crippen molar-refractivity contribution in [3.63, 3.8) is 0 Å². The minimum Gasteiger partial charge on any atom is -0.441 e. The zero-order valence-electron chi connectivity index (χ0n) is 12.1. The second-order valence-corrected chi connectivity index (χ2v) is 5.91. The fourth-order valence-corrected chi connectivity index (χ4v) is 2.07. The van der Waals surface area contributed by atoms with Crippen molar-refractivity contribution >= 4 is 16.9 Å². The number of benzene rings is 1. The highest BCUT2D eigenvalue weighted by atomic mass is 16.3. The Kier molecular flexibility index (Phi) is 4.03. The molecule has 0 aliphatic carbocycles. The van der Waals surface area contributed by atoms with Gasteiger partial charge in [-0.05, 0) is 30.0 Å². The minimum absolute atomic E-state index is 0.172. The molecule has 0 saturated carbocycles. The van der Waals surface area contributed by atoms with E-state index in [1.165, 1.54) is 0 Å². The number of fused-ring (bicyclic) bond motifs is 1. The van der Waals surface area contributed by atoms with E-state index in [4.69, 9.17) is 4.42 Å². The van der Waals surface area contributed by atoms with Crippen LogP contribution >= 0.6 is 0 Å². The number of hydrogen-bond donors (Lipinski definition) is 0. The quantitative estimate of drug-likeness (QED) is 0.754. The predicted octanol–water partition coefficient (Wildman–Crippen LogP) is 4.26. The number of nitrogens with zero attached hydrogens (tertiary/aromatic N) is 1. The Bertz CT molecular complexity index is 581. The molecule has 19 heavy (non-hydrogen) atoms. The van der Waals surface area contributed by atoms with Crippen molar-refractivity contribution in [2.24, 2.45) is 11.8 Å². The van der Waals surface area contributed by atoms with Gasteiger partial charge in [-0.2, -0.15) is 0 Å². The van der Waals surface area contributed by atoms with Crippen LogP contribution in [0, 0.1) is 11.8 Å². The Morgan fingerprint density at radius 3 is 2.58 bits per heavy atom. The first kappa shape index (κ1) is 13.8. The van der Waals surface area contributed by atoms with Crippen LogP contribution in [0.25, 0.3) is 11.1 Å². The molecule has 0 saturated heterocycles.